The lowest BCUT2D eigenvalue weighted by Crippen LogP contribution is -2.20. The lowest BCUT2D eigenvalue weighted by molar-refractivity contribution is -0.118. The number of halogens is 1. The normalized spacial score (nSPS) is 11.5. The van der Waals surface area contributed by atoms with Crippen LogP contribution in [0.5, 0.6) is 0 Å². The predicted molar refractivity (Wildman–Crippen MR) is 50.5 cm³/mol. The number of rotatable bonds is 3. The molecule has 0 aliphatic carbocycles. The number of carbonyl (C=O) groups excluding carboxylic acids is 2. The van der Waals surface area contributed by atoms with E-state index in [0.717, 1.165) is 13.0 Å². The van der Waals surface area contributed by atoms with Gasteiger partial charge in [0, 0.05) is 5.56 Å². The molecule has 76 valence electrons. The van der Waals surface area contributed by atoms with Crippen molar-refractivity contribution in [3.05, 3.63) is 35.6 Å². The van der Waals surface area contributed by atoms with Crippen molar-refractivity contribution in [2.24, 2.45) is 5.92 Å². The van der Waals surface area contributed by atoms with Gasteiger partial charge in [-0.25, -0.2) is 4.39 Å². The van der Waals surface area contributed by atoms with Gasteiger partial charge in [-0.2, -0.15) is 5.26 Å². The van der Waals surface area contributed by atoms with E-state index in [9.17, 15) is 14.0 Å². The number of ketones is 2. The van der Waals surface area contributed by atoms with Crippen molar-refractivity contribution in [3.63, 3.8) is 0 Å². The zero-order valence-corrected chi connectivity index (χ0v) is 8.03. The van der Waals surface area contributed by atoms with Crippen LogP contribution in [0, 0.1) is 23.1 Å². The first-order valence-electron chi connectivity index (χ1n) is 4.26. The molecular formula is C11H8FNO2. The van der Waals surface area contributed by atoms with Crippen LogP contribution in [0.1, 0.15) is 17.3 Å². The maximum absolute atomic E-state index is 12.8. The first kappa shape index (κ1) is 11.1. The third-order valence-electron chi connectivity index (χ3n) is 1.91. The SMILES string of the molecule is CC(=O)C(C#N)C(=O)c1cccc(F)c1. The number of carbonyl (C=O) groups is 2. The molecule has 0 amide bonds. The fraction of sp³-hybridized carbons (Fsp3) is 0.182. The second-order valence-electron chi connectivity index (χ2n) is 3.05. The van der Waals surface area contributed by atoms with Crippen molar-refractivity contribution in [1.82, 2.24) is 0 Å². The summed E-state index contributed by atoms with van der Waals surface area (Å²) in [7, 11) is 0. The highest BCUT2D eigenvalue weighted by Crippen LogP contribution is 2.11. The average molecular weight is 205 g/mol. The number of hydrogen-bond donors (Lipinski definition) is 0. The molecule has 0 N–H and O–H groups in total. The summed E-state index contributed by atoms with van der Waals surface area (Å²) in [5.41, 5.74) is 0.0387. The fourth-order valence-electron chi connectivity index (χ4n) is 1.14. The average Bonchev–Trinajstić information content (AvgIpc) is 2.18. The Morgan fingerprint density at radius 2 is 2.13 bits per heavy atom. The van der Waals surface area contributed by atoms with Gasteiger partial charge in [0.1, 0.15) is 5.82 Å². The maximum Gasteiger partial charge on any atom is 0.187 e. The molecular weight excluding hydrogens is 197 g/mol. The first-order valence-corrected chi connectivity index (χ1v) is 4.26. The molecule has 1 aromatic rings. The lowest BCUT2D eigenvalue weighted by atomic mass is 9.96. The van der Waals surface area contributed by atoms with Gasteiger partial charge < -0.3 is 0 Å². The number of nitriles is 1. The largest absolute Gasteiger partial charge is 0.298 e. The van der Waals surface area contributed by atoms with Crippen LogP contribution in [0.2, 0.25) is 0 Å². The zero-order chi connectivity index (χ0) is 11.4. The highest BCUT2D eigenvalue weighted by Gasteiger charge is 2.24. The quantitative estimate of drug-likeness (QED) is 0.557. The highest BCUT2D eigenvalue weighted by molar-refractivity contribution is 6.12. The van der Waals surface area contributed by atoms with Crippen LogP contribution in [-0.2, 0) is 4.79 Å². The standard InChI is InChI=1S/C11H8FNO2/c1-7(14)10(6-13)11(15)8-3-2-4-9(12)5-8/h2-5,10H,1H3. The molecule has 0 fully saturated rings. The molecule has 0 bridgehead atoms. The molecule has 0 aliphatic rings. The molecule has 0 saturated carbocycles. The van der Waals surface area contributed by atoms with Crippen molar-refractivity contribution in [1.29, 1.82) is 5.26 Å². The van der Waals surface area contributed by atoms with Crippen molar-refractivity contribution < 1.29 is 14.0 Å². The summed E-state index contributed by atoms with van der Waals surface area (Å²) in [5.74, 6) is -3.11. The van der Waals surface area contributed by atoms with Crippen molar-refractivity contribution >= 4 is 11.6 Å². The number of nitrogens with zero attached hydrogens (tertiary/aromatic N) is 1. The highest BCUT2D eigenvalue weighted by atomic mass is 19.1. The topological polar surface area (TPSA) is 57.9 Å². The zero-order valence-electron chi connectivity index (χ0n) is 8.03. The third kappa shape index (κ3) is 2.47. The van der Waals surface area contributed by atoms with Crippen LogP contribution >= 0.6 is 0 Å². The van der Waals surface area contributed by atoms with Gasteiger partial charge in [0.15, 0.2) is 17.5 Å². The Hall–Kier alpha value is -2.02. The second kappa shape index (κ2) is 4.47. The molecule has 1 unspecified atom stereocenters. The van der Waals surface area contributed by atoms with Gasteiger partial charge >= 0.3 is 0 Å². The van der Waals surface area contributed by atoms with Crippen molar-refractivity contribution in [3.8, 4) is 6.07 Å². The fourth-order valence-corrected chi connectivity index (χ4v) is 1.14. The van der Waals surface area contributed by atoms with Crippen LogP contribution in [-0.4, -0.2) is 11.6 Å². The molecule has 0 heterocycles. The lowest BCUT2D eigenvalue weighted by Gasteiger charge is -2.03. The van der Waals surface area contributed by atoms with Gasteiger partial charge in [-0.1, -0.05) is 12.1 Å². The number of Topliss-reactive ketones (excluding diaryl/α,β-unsaturated/α-hetero) is 2. The maximum atomic E-state index is 12.8. The monoisotopic (exact) mass is 205 g/mol. The van der Waals surface area contributed by atoms with E-state index >= 15 is 0 Å². The Kier molecular flexibility index (Phi) is 3.29. The van der Waals surface area contributed by atoms with Gasteiger partial charge in [0.25, 0.3) is 0 Å². The molecule has 15 heavy (non-hydrogen) atoms. The van der Waals surface area contributed by atoms with Crippen LogP contribution in [0.4, 0.5) is 4.39 Å². The summed E-state index contributed by atoms with van der Waals surface area (Å²) >= 11 is 0. The third-order valence-corrected chi connectivity index (χ3v) is 1.91. The van der Waals surface area contributed by atoms with Gasteiger partial charge in [-0.15, -0.1) is 0 Å². The van der Waals surface area contributed by atoms with E-state index in [1.54, 1.807) is 6.07 Å². The van der Waals surface area contributed by atoms with E-state index in [1.165, 1.54) is 18.2 Å². The van der Waals surface area contributed by atoms with E-state index in [4.69, 9.17) is 5.26 Å². The summed E-state index contributed by atoms with van der Waals surface area (Å²) in [6.07, 6.45) is 0. The Morgan fingerprint density at radius 1 is 1.47 bits per heavy atom. The Labute approximate surface area is 86.1 Å². The van der Waals surface area contributed by atoms with Gasteiger partial charge in [-0.05, 0) is 19.1 Å². The van der Waals surface area contributed by atoms with Crippen LogP contribution in [0.15, 0.2) is 24.3 Å². The summed E-state index contributed by atoms with van der Waals surface area (Å²) in [6.45, 7) is 1.16. The van der Waals surface area contributed by atoms with E-state index in [2.05, 4.69) is 0 Å². The van der Waals surface area contributed by atoms with Gasteiger partial charge in [-0.3, -0.25) is 9.59 Å². The molecule has 1 rings (SSSR count). The minimum atomic E-state index is -1.34. The molecule has 1 aromatic carbocycles. The molecule has 4 heteroatoms. The van der Waals surface area contributed by atoms with E-state index in [0.29, 0.717) is 0 Å². The summed E-state index contributed by atoms with van der Waals surface area (Å²) in [4.78, 5) is 22.5. The predicted octanol–water partition coefficient (Wildman–Crippen LogP) is 1.74. The molecule has 0 aliphatic heterocycles. The van der Waals surface area contributed by atoms with Crippen LogP contribution < -0.4 is 0 Å². The summed E-state index contributed by atoms with van der Waals surface area (Å²) in [6, 6.07) is 6.53. The molecule has 0 saturated heterocycles. The van der Waals surface area contributed by atoms with Crippen LogP contribution in [0.3, 0.4) is 0 Å². The van der Waals surface area contributed by atoms with E-state index in [1.807, 2.05) is 0 Å². The van der Waals surface area contributed by atoms with E-state index < -0.39 is 23.3 Å². The summed E-state index contributed by atoms with van der Waals surface area (Å²) < 4.78 is 12.8. The number of hydrogen-bond acceptors (Lipinski definition) is 3. The molecule has 1 atom stereocenters. The van der Waals surface area contributed by atoms with Crippen molar-refractivity contribution in [2.75, 3.05) is 0 Å². The van der Waals surface area contributed by atoms with Gasteiger partial charge in [0.05, 0.1) is 6.07 Å². The summed E-state index contributed by atoms with van der Waals surface area (Å²) in [5, 5.41) is 8.61. The number of benzene rings is 1. The molecule has 0 aromatic heterocycles. The Bertz CT molecular complexity index is 448. The van der Waals surface area contributed by atoms with Crippen molar-refractivity contribution in [2.45, 2.75) is 6.92 Å². The molecule has 0 radical (unpaired) electrons. The minimum Gasteiger partial charge on any atom is -0.298 e. The molecule has 3 nitrogen and oxygen atoms in total. The van der Waals surface area contributed by atoms with Gasteiger partial charge in [0.2, 0.25) is 0 Å². The first-order chi connectivity index (χ1) is 7.06. The Balaban J connectivity index is 3.04. The molecule has 0 spiro atoms. The second-order valence-corrected chi connectivity index (χ2v) is 3.05. The van der Waals surface area contributed by atoms with Crippen LogP contribution in [0.25, 0.3) is 0 Å². The smallest absolute Gasteiger partial charge is 0.187 e. The Morgan fingerprint density at radius 3 is 2.60 bits per heavy atom. The van der Waals surface area contributed by atoms with E-state index in [-0.39, 0.29) is 5.56 Å². The minimum absolute atomic E-state index is 0.0387.